The summed E-state index contributed by atoms with van der Waals surface area (Å²) >= 11 is 11.8. The number of aryl methyl sites for hydroxylation is 1. The summed E-state index contributed by atoms with van der Waals surface area (Å²) in [6.07, 6.45) is 1.27. The van der Waals surface area contributed by atoms with Crippen LogP contribution in [-0.4, -0.2) is 15.9 Å². The minimum Gasteiger partial charge on any atom is -0.306 e. The molecule has 4 nitrogen and oxygen atoms in total. The van der Waals surface area contributed by atoms with E-state index in [4.69, 9.17) is 23.2 Å². The number of nitrogens with zero attached hydrogens (tertiary/aromatic N) is 2. The predicted molar refractivity (Wildman–Crippen MR) is 71.2 cm³/mol. The highest BCUT2D eigenvalue weighted by molar-refractivity contribution is 6.35. The minimum absolute atomic E-state index is 0.260. The summed E-state index contributed by atoms with van der Waals surface area (Å²) in [6.45, 7) is 1.83. The Morgan fingerprint density at radius 2 is 2.06 bits per heavy atom. The molecule has 6 heteroatoms. The number of benzene rings is 1. The molecule has 0 saturated heterocycles. The maximum Gasteiger partial charge on any atom is 0.258 e. The van der Waals surface area contributed by atoms with Gasteiger partial charge in [0.1, 0.15) is 17.3 Å². The summed E-state index contributed by atoms with van der Waals surface area (Å²) in [7, 11) is 0. The Morgan fingerprint density at radius 3 is 2.78 bits per heavy atom. The molecule has 0 fully saturated rings. The first-order chi connectivity index (χ1) is 8.58. The maximum absolute atomic E-state index is 12.0. The lowest BCUT2D eigenvalue weighted by Gasteiger charge is -2.07. The second-order valence-electron chi connectivity index (χ2n) is 3.62. The highest BCUT2D eigenvalue weighted by Gasteiger charge is 2.12. The quantitative estimate of drug-likeness (QED) is 0.859. The van der Waals surface area contributed by atoms with Gasteiger partial charge in [-0.2, -0.15) is 0 Å². The van der Waals surface area contributed by atoms with Crippen LogP contribution in [0.2, 0.25) is 10.2 Å². The molecular weight excluding hydrogens is 273 g/mol. The molecular formula is C12H9Cl2N3O. The van der Waals surface area contributed by atoms with Crippen molar-refractivity contribution >= 4 is 34.9 Å². The highest BCUT2D eigenvalue weighted by atomic mass is 35.5. The fourth-order valence-corrected chi connectivity index (χ4v) is 1.77. The zero-order valence-corrected chi connectivity index (χ0v) is 11.0. The smallest absolute Gasteiger partial charge is 0.258 e. The Labute approximate surface area is 114 Å². The third kappa shape index (κ3) is 2.78. The number of carbonyl (C=O) groups is 1. The summed E-state index contributed by atoms with van der Waals surface area (Å²) in [5.74, 6) is -0.00367. The average Bonchev–Trinajstić information content (AvgIpc) is 2.32. The van der Waals surface area contributed by atoms with Crippen LogP contribution < -0.4 is 5.32 Å². The number of hydrogen-bond donors (Lipinski definition) is 1. The molecule has 0 radical (unpaired) electrons. The summed E-state index contributed by atoms with van der Waals surface area (Å²) in [4.78, 5) is 19.6. The maximum atomic E-state index is 12.0. The molecule has 0 unspecified atom stereocenters. The number of hydrogen-bond acceptors (Lipinski definition) is 3. The molecule has 1 N–H and O–H groups in total. The average molecular weight is 282 g/mol. The summed E-state index contributed by atoms with van der Waals surface area (Å²) in [5.41, 5.74) is 1.23. The van der Waals surface area contributed by atoms with Gasteiger partial charge in [0.05, 0.1) is 10.6 Å². The lowest BCUT2D eigenvalue weighted by atomic mass is 10.1. The van der Waals surface area contributed by atoms with Gasteiger partial charge in [-0.15, -0.1) is 0 Å². The van der Waals surface area contributed by atoms with Crippen molar-refractivity contribution in [1.29, 1.82) is 0 Å². The van der Waals surface area contributed by atoms with Crippen LogP contribution in [0.15, 0.2) is 30.6 Å². The van der Waals surface area contributed by atoms with E-state index in [0.717, 1.165) is 5.56 Å². The van der Waals surface area contributed by atoms with Crippen LogP contribution in [0.3, 0.4) is 0 Å². The summed E-state index contributed by atoms with van der Waals surface area (Å²) in [5, 5.41) is 3.29. The third-order valence-corrected chi connectivity index (χ3v) is 3.02. The van der Waals surface area contributed by atoms with Gasteiger partial charge in [-0.25, -0.2) is 9.97 Å². The Balaban J connectivity index is 2.25. The topological polar surface area (TPSA) is 54.9 Å². The molecule has 0 aliphatic carbocycles. The monoisotopic (exact) mass is 281 g/mol. The molecule has 92 valence electrons. The molecule has 18 heavy (non-hydrogen) atoms. The zero-order chi connectivity index (χ0) is 13.1. The predicted octanol–water partition coefficient (Wildman–Crippen LogP) is 3.34. The third-order valence-electron chi connectivity index (χ3n) is 2.31. The van der Waals surface area contributed by atoms with Gasteiger partial charge in [0.25, 0.3) is 5.91 Å². The molecule has 2 rings (SSSR count). The van der Waals surface area contributed by atoms with Crippen LogP contribution in [0.4, 0.5) is 5.82 Å². The van der Waals surface area contributed by atoms with E-state index in [1.807, 2.05) is 13.0 Å². The molecule has 1 aromatic heterocycles. The molecule has 0 saturated carbocycles. The summed E-state index contributed by atoms with van der Waals surface area (Å²) in [6, 6.07) is 6.71. The first-order valence-corrected chi connectivity index (χ1v) is 5.87. The van der Waals surface area contributed by atoms with Crippen molar-refractivity contribution in [3.05, 3.63) is 51.9 Å². The molecule has 0 atom stereocenters. The number of nitrogens with one attached hydrogen (secondary N) is 1. The number of carbonyl (C=O) groups excluding carboxylic acids is 1. The van der Waals surface area contributed by atoms with E-state index in [1.54, 1.807) is 12.1 Å². The fourth-order valence-electron chi connectivity index (χ4n) is 1.41. The van der Waals surface area contributed by atoms with Crippen molar-refractivity contribution in [3.63, 3.8) is 0 Å². The zero-order valence-electron chi connectivity index (χ0n) is 9.45. The van der Waals surface area contributed by atoms with Crippen molar-refractivity contribution in [2.45, 2.75) is 6.92 Å². The van der Waals surface area contributed by atoms with Crippen molar-refractivity contribution in [2.24, 2.45) is 0 Å². The van der Waals surface area contributed by atoms with Gasteiger partial charge in [-0.05, 0) is 18.6 Å². The number of amides is 1. The van der Waals surface area contributed by atoms with Crippen LogP contribution in [-0.2, 0) is 0 Å². The molecule has 0 aliphatic heterocycles. The van der Waals surface area contributed by atoms with Crippen molar-refractivity contribution in [2.75, 3.05) is 5.32 Å². The molecule has 1 aromatic carbocycles. The first kappa shape index (κ1) is 12.8. The second-order valence-corrected chi connectivity index (χ2v) is 4.38. The van der Waals surface area contributed by atoms with Crippen LogP contribution in [0.25, 0.3) is 0 Å². The largest absolute Gasteiger partial charge is 0.306 e. The van der Waals surface area contributed by atoms with Crippen LogP contribution in [0.5, 0.6) is 0 Å². The fraction of sp³-hybridized carbons (Fsp3) is 0.0833. The Hall–Kier alpha value is -1.65. The number of halogens is 2. The van der Waals surface area contributed by atoms with Gasteiger partial charge in [-0.3, -0.25) is 4.79 Å². The SMILES string of the molecule is Cc1cccc(C(=O)Nc2cc(Cl)ncn2)c1Cl. The lowest BCUT2D eigenvalue weighted by Crippen LogP contribution is -2.13. The van der Waals surface area contributed by atoms with Gasteiger partial charge in [-0.1, -0.05) is 35.3 Å². The number of anilines is 1. The van der Waals surface area contributed by atoms with Gasteiger partial charge in [0.2, 0.25) is 0 Å². The van der Waals surface area contributed by atoms with Gasteiger partial charge in [0, 0.05) is 6.07 Å². The van der Waals surface area contributed by atoms with Crippen molar-refractivity contribution in [1.82, 2.24) is 9.97 Å². The Morgan fingerprint density at radius 1 is 1.28 bits per heavy atom. The molecule has 2 aromatic rings. The van der Waals surface area contributed by atoms with Gasteiger partial charge >= 0.3 is 0 Å². The van der Waals surface area contributed by atoms with E-state index in [-0.39, 0.29) is 11.1 Å². The van der Waals surface area contributed by atoms with Gasteiger partial charge in [0.15, 0.2) is 0 Å². The molecule has 0 spiro atoms. The van der Waals surface area contributed by atoms with E-state index < -0.39 is 0 Å². The molecule has 1 amide bonds. The van der Waals surface area contributed by atoms with E-state index in [2.05, 4.69) is 15.3 Å². The second kappa shape index (κ2) is 5.33. The normalized spacial score (nSPS) is 10.2. The Kier molecular flexibility index (Phi) is 3.79. The molecule has 0 aliphatic rings. The standard InChI is InChI=1S/C12H9Cl2N3O/c1-7-3-2-4-8(11(7)14)12(18)17-10-5-9(13)15-6-16-10/h2-6H,1H3,(H,15,16,17,18). The minimum atomic E-state index is -0.335. The van der Waals surface area contributed by atoms with Crippen molar-refractivity contribution < 1.29 is 4.79 Å². The van der Waals surface area contributed by atoms with Crippen LogP contribution >= 0.6 is 23.2 Å². The van der Waals surface area contributed by atoms with Crippen LogP contribution in [0, 0.1) is 6.92 Å². The lowest BCUT2D eigenvalue weighted by molar-refractivity contribution is 0.102. The Bertz CT molecular complexity index is 602. The summed E-state index contributed by atoms with van der Waals surface area (Å²) < 4.78 is 0. The van der Waals surface area contributed by atoms with E-state index >= 15 is 0 Å². The molecule has 1 heterocycles. The molecule has 0 bridgehead atoms. The van der Waals surface area contributed by atoms with E-state index in [0.29, 0.717) is 16.4 Å². The van der Waals surface area contributed by atoms with Crippen LogP contribution in [0.1, 0.15) is 15.9 Å². The van der Waals surface area contributed by atoms with E-state index in [1.165, 1.54) is 12.4 Å². The number of rotatable bonds is 2. The van der Waals surface area contributed by atoms with Crippen molar-refractivity contribution in [3.8, 4) is 0 Å². The highest BCUT2D eigenvalue weighted by Crippen LogP contribution is 2.21. The van der Waals surface area contributed by atoms with Gasteiger partial charge < -0.3 is 5.32 Å². The van der Waals surface area contributed by atoms with E-state index in [9.17, 15) is 4.79 Å². The first-order valence-electron chi connectivity index (χ1n) is 5.12. The number of aromatic nitrogens is 2.